The molecule has 2 heterocycles. The van der Waals surface area contributed by atoms with E-state index in [2.05, 4.69) is 5.10 Å². The van der Waals surface area contributed by atoms with Gasteiger partial charge in [-0.15, -0.1) is 0 Å². The van der Waals surface area contributed by atoms with Gasteiger partial charge in [0.15, 0.2) is 0 Å². The number of nitrogens with zero attached hydrogens (tertiary/aromatic N) is 3. The quantitative estimate of drug-likeness (QED) is 0.915. The van der Waals surface area contributed by atoms with Crippen LogP contribution in [-0.4, -0.2) is 44.8 Å². The molecule has 1 fully saturated rings. The van der Waals surface area contributed by atoms with E-state index in [1.165, 1.54) is 0 Å². The maximum Gasteiger partial charge on any atom is 0.309 e. The van der Waals surface area contributed by atoms with Crippen LogP contribution in [0.5, 0.6) is 0 Å². The van der Waals surface area contributed by atoms with Gasteiger partial charge >= 0.3 is 5.97 Å². The second-order valence-corrected chi connectivity index (χ2v) is 5.90. The van der Waals surface area contributed by atoms with E-state index in [4.69, 9.17) is 0 Å². The molecule has 0 atom stereocenters. The van der Waals surface area contributed by atoms with Gasteiger partial charge in [0.25, 0.3) is 0 Å². The number of piperidine rings is 1. The molecule has 1 aliphatic rings. The van der Waals surface area contributed by atoms with Gasteiger partial charge in [-0.1, -0.05) is 6.92 Å². The van der Waals surface area contributed by atoms with Crippen LogP contribution in [0.1, 0.15) is 37.6 Å². The Hall–Kier alpha value is -1.85. The molecule has 0 bridgehead atoms. The highest BCUT2D eigenvalue weighted by atomic mass is 16.4. The molecule has 0 aromatic carbocycles. The van der Waals surface area contributed by atoms with Gasteiger partial charge in [0.05, 0.1) is 11.1 Å². The monoisotopic (exact) mass is 293 g/mol. The van der Waals surface area contributed by atoms with Crippen LogP contribution in [0.15, 0.2) is 6.07 Å². The number of carbonyl (C=O) groups excluding carboxylic acids is 1. The minimum absolute atomic E-state index is 0.0105. The van der Waals surface area contributed by atoms with Crippen LogP contribution >= 0.6 is 0 Å². The smallest absolute Gasteiger partial charge is 0.309 e. The number of carbonyl (C=O) groups is 2. The van der Waals surface area contributed by atoms with Crippen molar-refractivity contribution in [3.05, 3.63) is 17.5 Å². The fourth-order valence-corrected chi connectivity index (χ4v) is 2.97. The summed E-state index contributed by atoms with van der Waals surface area (Å²) in [6, 6.07) is 1.94. The Morgan fingerprint density at radius 2 is 1.95 bits per heavy atom. The zero-order chi connectivity index (χ0) is 15.6. The van der Waals surface area contributed by atoms with E-state index in [0.717, 1.165) is 11.4 Å². The standard InChI is InChI=1S/C15H23N3O3/c1-4-15(14(20)21)5-7-17(8-6-15)13(19)10-18-12(3)9-11(2)16-18/h9H,4-8,10H2,1-3H3,(H,20,21). The van der Waals surface area contributed by atoms with Crippen molar-refractivity contribution >= 4 is 11.9 Å². The Kier molecular flexibility index (Phi) is 4.34. The normalized spacial score (nSPS) is 17.8. The lowest BCUT2D eigenvalue weighted by Gasteiger charge is -2.38. The average Bonchev–Trinajstić information content (AvgIpc) is 2.76. The lowest BCUT2D eigenvalue weighted by Crippen LogP contribution is -2.47. The predicted molar refractivity (Wildman–Crippen MR) is 77.9 cm³/mol. The van der Waals surface area contributed by atoms with Gasteiger partial charge in [-0.3, -0.25) is 14.3 Å². The minimum atomic E-state index is -0.740. The third-order valence-corrected chi connectivity index (χ3v) is 4.59. The number of rotatable bonds is 4. The lowest BCUT2D eigenvalue weighted by molar-refractivity contribution is -0.154. The SMILES string of the molecule is CCC1(C(=O)O)CCN(C(=O)Cn2nc(C)cc2C)CC1. The second kappa shape index (κ2) is 5.87. The number of aryl methyl sites for hydroxylation is 2. The fourth-order valence-electron chi connectivity index (χ4n) is 2.97. The highest BCUT2D eigenvalue weighted by molar-refractivity contribution is 5.78. The van der Waals surface area contributed by atoms with Gasteiger partial charge in [0.2, 0.25) is 5.91 Å². The van der Waals surface area contributed by atoms with E-state index in [9.17, 15) is 14.7 Å². The number of likely N-dealkylation sites (tertiary alicyclic amines) is 1. The largest absolute Gasteiger partial charge is 0.481 e. The number of amides is 1. The van der Waals surface area contributed by atoms with E-state index >= 15 is 0 Å². The topological polar surface area (TPSA) is 75.4 Å². The summed E-state index contributed by atoms with van der Waals surface area (Å²) < 4.78 is 1.70. The molecule has 0 unspecified atom stereocenters. The Labute approximate surface area is 124 Å². The van der Waals surface area contributed by atoms with Crippen LogP contribution in [-0.2, 0) is 16.1 Å². The molecule has 1 amide bonds. The highest BCUT2D eigenvalue weighted by Crippen LogP contribution is 2.35. The minimum Gasteiger partial charge on any atom is -0.481 e. The molecule has 1 aliphatic heterocycles. The summed E-state index contributed by atoms with van der Waals surface area (Å²) in [4.78, 5) is 25.5. The third kappa shape index (κ3) is 3.09. The number of aromatic nitrogens is 2. The molecule has 6 heteroatoms. The van der Waals surface area contributed by atoms with Gasteiger partial charge in [0, 0.05) is 18.8 Å². The molecule has 0 spiro atoms. The second-order valence-electron chi connectivity index (χ2n) is 5.90. The van der Waals surface area contributed by atoms with Crippen molar-refractivity contribution in [1.29, 1.82) is 0 Å². The summed E-state index contributed by atoms with van der Waals surface area (Å²) >= 11 is 0. The maximum atomic E-state index is 12.3. The van der Waals surface area contributed by atoms with E-state index in [0.29, 0.717) is 32.4 Å². The Bertz CT molecular complexity index is 542. The molecule has 0 saturated carbocycles. The summed E-state index contributed by atoms with van der Waals surface area (Å²) in [6.07, 6.45) is 1.67. The van der Waals surface area contributed by atoms with E-state index in [-0.39, 0.29) is 12.5 Å². The summed E-state index contributed by atoms with van der Waals surface area (Å²) in [7, 11) is 0. The van der Waals surface area contributed by atoms with Crippen molar-refractivity contribution in [2.45, 2.75) is 46.6 Å². The predicted octanol–water partition coefficient (Wildman–Crippen LogP) is 1.60. The molecule has 6 nitrogen and oxygen atoms in total. The van der Waals surface area contributed by atoms with Gasteiger partial charge in [-0.2, -0.15) is 5.10 Å². The van der Waals surface area contributed by atoms with Crippen molar-refractivity contribution in [3.63, 3.8) is 0 Å². The van der Waals surface area contributed by atoms with Crippen LogP contribution in [0, 0.1) is 19.3 Å². The fraction of sp³-hybridized carbons (Fsp3) is 0.667. The number of hydrogen-bond donors (Lipinski definition) is 1. The van der Waals surface area contributed by atoms with Crippen LogP contribution in [0.3, 0.4) is 0 Å². The molecular formula is C15H23N3O3. The highest BCUT2D eigenvalue weighted by Gasteiger charge is 2.40. The van der Waals surface area contributed by atoms with Crippen LogP contribution in [0.2, 0.25) is 0 Å². The molecule has 116 valence electrons. The molecule has 2 rings (SSSR count). The first-order chi connectivity index (χ1) is 9.88. The first-order valence-electron chi connectivity index (χ1n) is 7.40. The van der Waals surface area contributed by atoms with Gasteiger partial charge < -0.3 is 10.0 Å². The summed E-state index contributed by atoms with van der Waals surface area (Å²) in [5.74, 6) is -0.730. The molecule has 1 saturated heterocycles. The average molecular weight is 293 g/mol. The Morgan fingerprint density at radius 1 is 1.33 bits per heavy atom. The van der Waals surface area contributed by atoms with Crippen molar-refractivity contribution in [2.24, 2.45) is 5.41 Å². The van der Waals surface area contributed by atoms with E-state index < -0.39 is 11.4 Å². The van der Waals surface area contributed by atoms with Crippen LogP contribution in [0.25, 0.3) is 0 Å². The summed E-state index contributed by atoms with van der Waals surface area (Å²) in [5.41, 5.74) is 1.20. The first-order valence-corrected chi connectivity index (χ1v) is 7.40. The zero-order valence-electron chi connectivity index (χ0n) is 12.9. The molecular weight excluding hydrogens is 270 g/mol. The molecule has 1 aromatic rings. The molecule has 0 radical (unpaired) electrons. The van der Waals surface area contributed by atoms with Crippen molar-refractivity contribution in [3.8, 4) is 0 Å². The third-order valence-electron chi connectivity index (χ3n) is 4.59. The lowest BCUT2D eigenvalue weighted by atomic mass is 9.76. The molecule has 1 aromatic heterocycles. The maximum absolute atomic E-state index is 12.3. The van der Waals surface area contributed by atoms with E-state index in [1.807, 2.05) is 26.8 Å². The van der Waals surface area contributed by atoms with E-state index in [1.54, 1.807) is 9.58 Å². The first kappa shape index (κ1) is 15.5. The molecule has 0 aliphatic carbocycles. The molecule has 21 heavy (non-hydrogen) atoms. The van der Waals surface area contributed by atoms with Gasteiger partial charge in [-0.25, -0.2) is 0 Å². The van der Waals surface area contributed by atoms with Crippen LogP contribution < -0.4 is 0 Å². The number of hydrogen-bond acceptors (Lipinski definition) is 3. The van der Waals surface area contributed by atoms with Gasteiger partial charge in [-0.05, 0) is 39.2 Å². The summed E-state index contributed by atoms with van der Waals surface area (Å²) in [5, 5.41) is 13.7. The summed E-state index contributed by atoms with van der Waals surface area (Å²) in [6.45, 7) is 6.98. The Morgan fingerprint density at radius 3 is 2.38 bits per heavy atom. The zero-order valence-corrected chi connectivity index (χ0v) is 12.9. The van der Waals surface area contributed by atoms with Crippen molar-refractivity contribution < 1.29 is 14.7 Å². The van der Waals surface area contributed by atoms with Crippen molar-refractivity contribution in [2.75, 3.05) is 13.1 Å². The van der Waals surface area contributed by atoms with Crippen LogP contribution in [0.4, 0.5) is 0 Å². The van der Waals surface area contributed by atoms with Gasteiger partial charge in [0.1, 0.15) is 6.54 Å². The number of carboxylic acids is 1. The Balaban J connectivity index is 1.97. The number of aliphatic carboxylic acids is 1. The number of carboxylic acid groups (broad SMARTS) is 1. The van der Waals surface area contributed by atoms with Crippen molar-refractivity contribution in [1.82, 2.24) is 14.7 Å². The molecule has 1 N–H and O–H groups in total.